The van der Waals surface area contributed by atoms with Gasteiger partial charge in [-0.1, -0.05) is 5.11 Å². The molecular weight excluding hydrogens is 1500 g/mol. The quantitative estimate of drug-likeness (QED) is 0.0196. The Kier molecular flexibility index (Phi) is 31.9. The Balaban J connectivity index is 0.966. The maximum absolute atomic E-state index is 12.5. The molecule has 9 heterocycles. The van der Waals surface area contributed by atoms with Crippen LogP contribution in [0.3, 0.4) is 0 Å². The van der Waals surface area contributed by atoms with Crippen molar-refractivity contribution in [2.24, 2.45) is 5.11 Å². The van der Waals surface area contributed by atoms with Crippen molar-refractivity contribution < 1.29 is 228 Å². The van der Waals surface area contributed by atoms with Gasteiger partial charge >= 0.3 is 0 Å². The maximum Gasteiger partial charge on any atom is 0.187 e. The first-order valence-corrected chi connectivity index (χ1v) is 35.2. The van der Waals surface area contributed by atoms with Gasteiger partial charge in [0, 0.05) is 11.0 Å². The minimum atomic E-state index is -2.45. The van der Waals surface area contributed by atoms with E-state index in [0.29, 0.717) is 0 Å². The Labute approximate surface area is 616 Å². The summed E-state index contributed by atoms with van der Waals surface area (Å²) in [7, 11) is 0. The molecule has 9 aliphatic heterocycles. The zero-order chi connectivity index (χ0) is 79.5. The lowest BCUT2D eigenvalue weighted by atomic mass is 9.93. The normalized spacial score (nSPS) is 52.3. The van der Waals surface area contributed by atoms with Gasteiger partial charge in [0.2, 0.25) is 0 Å². The summed E-state index contributed by atoms with van der Waals surface area (Å²) in [5.74, 6) is 0. The first kappa shape index (κ1) is 88.8. The van der Waals surface area contributed by atoms with E-state index in [2.05, 4.69) is 10.0 Å². The van der Waals surface area contributed by atoms with Gasteiger partial charge in [-0.2, -0.15) is 0 Å². The Morgan fingerprint density at radius 3 is 0.798 bits per heavy atom. The lowest BCUT2D eigenvalue weighted by Gasteiger charge is -2.50. The lowest BCUT2D eigenvalue weighted by molar-refractivity contribution is -0.406. The highest BCUT2D eigenvalue weighted by atomic mass is 16.8. The van der Waals surface area contributed by atoms with E-state index in [1.54, 1.807) is 0 Å². The Morgan fingerprint density at radius 2 is 0.477 bits per heavy atom. The summed E-state index contributed by atoms with van der Waals surface area (Å²) in [5.41, 5.74) is 9.16. The fourth-order valence-corrected chi connectivity index (χ4v) is 14.3. The number of rotatable bonds is 28. The van der Waals surface area contributed by atoms with Crippen molar-refractivity contribution in [2.75, 3.05) is 59.5 Å². The Bertz CT molecular complexity index is 2800. The van der Waals surface area contributed by atoms with Gasteiger partial charge < -0.3 is 228 Å². The monoisotopic (exact) mass is 1600 g/mol. The molecule has 28 N–H and O–H groups in total. The molecule has 9 saturated heterocycles. The van der Waals surface area contributed by atoms with Crippen LogP contribution >= 0.6 is 0 Å². The van der Waals surface area contributed by atoms with Crippen LogP contribution in [-0.2, 0) is 85.3 Å². The molecule has 0 aromatic rings. The highest BCUT2D eigenvalue weighted by Gasteiger charge is 2.60. The van der Waals surface area contributed by atoms with Crippen molar-refractivity contribution in [3.63, 3.8) is 0 Å². The molecule has 0 unspecified atom stereocenters. The number of nitrogens with zero attached hydrogens (tertiary/aromatic N) is 3. The molecule has 0 radical (unpaired) electrons. The van der Waals surface area contributed by atoms with Crippen LogP contribution in [0.25, 0.3) is 10.4 Å². The molecule has 0 aromatic carbocycles. The lowest BCUT2D eigenvalue weighted by Crippen LogP contribution is -2.68. The smallest absolute Gasteiger partial charge is 0.187 e. The van der Waals surface area contributed by atoms with Gasteiger partial charge in [-0.15, -0.1) is 0 Å². The standard InChI is InChI=1S/C60H101N3O46/c61-63-62-14-1-3-15(4-2-14)94-56-45(91)47(105-59-51(40(86)31(77)21(10-69)100-59)109-60-50(39(85)30(76)22(11-70)101-60)108-55-43(89)36(82)27(73)18(7-66)97-55)33(79)24(103-56)12-92-52-44(90)46(104-58-49(38(84)29(75)20(9-68)99-58)107-54-42(88)35(81)26(72)17(6-65)96-54)32(78)23(102-52)13-93-57-48(37(83)28(74)19(8-67)98-57)106-53-41(87)34(80)25(71)16(5-64)95-53/h14-60,64-91H,1-13H2/t14?,15?,16-,17-,18-,19-,20-,21-,22-,23-,24-,25-,26-,27-,28-,29-,30-,31-,32-,33-,34+,35+,36+,37+,38+,39+,40+,41+,42+,43+,44+,45+,46+,47+,48+,49+,50+,51+,52+,53-,54-,55-,56-,57+,58-,59-,60-/m1/s1. The molecule has 49 heteroatoms. The molecule has 0 spiro atoms. The van der Waals surface area contributed by atoms with Crippen molar-refractivity contribution in [2.45, 2.75) is 314 Å². The van der Waals surface area contributed by atoms with E-state index in [0.717, 1.165) is 0 Å². The van der Waals surface area contributed by atoms with Gasteiger partial charge in [-0.3, -0.25) is 0 Å². The third-order valence-electron chi connectivity index (χ3n) is 20.9. The number of hydrogen-bond acceptors (Lipinski definition) is 47. The van der Waals surface area contributed by atoms with E-state index in [4.69, 9.17) is 90.8 Å². The highest BCUT2D eigenvalue weighted by Crippen LogP contribution is 2.40. The number of hydrogen-bond donors (Lipinski definition) is 28. The second kappa shape index (κ2) is 39.2. The first-order chi connectivity index (χ1) is 51.9. The highest BCUT2D eigenvalue weighted by molar-refractivity contribution is 5.02. The van der Waals surface area contributed by atoms with E-state index < -0.39 is 348 Å². The molecular formula is C60H101N3O46. The maximum atomic E-state index is 12.5. The van der Waals surface area contributed by atoms with Crippen molar-refractivity contribution in [1.29, 1.82) is 0 Å². The summed E-state index contributed by atoms with van der Waals surface area (Å²) >= 11 is 0. The SMILES string of the molecule is [N-]=[N+]=NC1CCC(O[C@@H]2O[C@H](CO[C@H]3O[C@H](CO[C@H]4O[C@H](CO)[C@@H](O)[C@H](O)[C@@H]4O[C@H]4O[C@H](CO)[C@@H](O)[C@H](O)[C@@H]4O)[C@@H](O)[C@H](O[C@H]4O[C@H](CO)[C@@H](O)[C@H](O)[C@@H]4O[C@H]4O[C@H](CO)[C@@H](O)[C@H](O)[C@@H]4O)[C@@H]3O)[C@@H](O)[C@H](O[C@H]3O[C@H](CO)[C@@H](O)[C@H](O)[C@@H]3O[C@H]3O[C@H](CO)[C@@H](O)[C@H](O)[C@@H]3O[C@H]3O[C@H](CO)[C@@H](O)[C@H](O)[C@@H]3O)[C@@H]2O)CC1. The van der Waals surface area contributed by atoms with Crippen LogP contribution in [0.15, 0.2) is 5.11 Å². The van der Waals surface area contributed by atoms with Gasteiger partial charge in [-0.05, 0) is 31.2 Å². The van der Waals surface area contributed by atoms with Crippen molar-refractivity contribution in [3.8, 4) is 0 Å². The van der Waals surface area contributed by atoms with Crippen molar-refractivity contribution in [1.82, 2.24) is 0 Å². The predicted octanol–water partition coefficient (Wildman–Crippen LogP) is -18.0. The fraction of sp³-hybridized carbons (Fsp3) is 1.00. The Hall–Kier alpha value is -2.53. The number of aliphatic hydroxyl groups excluding tert-OH is 28. The molecule has 1 aliphatic carbocycles. The molecule has 10 fully saturated rings. The van der Waals surface area contributed by atoms with E-state index in [1.165, 1.54) is 0 Å². The molecule has 0 bridgehead atoms. The van der Waals surface area contributed by atoms with Gasteiger partial charge in [0.15, 0.2) is 56.6 Å². The van der Waals surface area contributed by atoms with E-state index in [-0.39, 0.29) is 25.7 Å². The topological polar surface area (TPSA) is 781 Å². The summed E-state index contributed by atoms with van der Waals surface area (Å²) in [6.07, 6.45) is -94.3. The summed E-state index contributed by atoms with van der Waals surface area (Å²) in [4.78, 5) is 2.85. The van der Waals surface area contributed by atoms with Gasteiger partial charge in [0.05, 0.1) is 65.6 Å². The molecule has 10 aliphatic rings. The third kappa shape index (κ3) is 19.2. The van der Waals surface area contributed by atoms with Crippen LogP contribution in [0.1, 0.15) is 25.7 Å². The number of ether oxygens (including phenoxy) is 18. The summed E-state index contributed by atoms with van der Waals surface area (Å²) < 4.78 is 106. The molecule has 49 nitrogen and oxygen atoms in total. The summed E-state index contributed by atoms with van der Waals surface area (Å²) in [6, 6.07) is -0.505. The minimum Gasteiger partial charge on any atom is -0.394 e. The van der Waals surface area contributed by atoms with Crippen LogP contribution in [0.2, 0.25) is 0 Å². The second-order valence-electron chi connectivity index (χ2n) is 28.0. The average Bonchev–Trinajstić information content (AvgIpc) is 0.783. The van der Waals surface area contributed by atoms with E-state index in [1.807, 2.05) is 0 Å². The van der Waals surface area contributed by atoms with Gasteiger partial charge in [0.25, 0.3) is 0 Å². The van der Waals surface area contributed by atoms with Crippen LogP contribution in [-0.4, -0.2) is 491 Å². The average molecular weight is 1600 g/mol. The summed E-state index contributed by atoms with van der Waals surface area (Å²) in [5, 5.41) is 311. The molecule has 632 valence electrons. The fourth-order valence-electron chi connectivity index (χ4n) is 14.3. The van der Waals surface area contributed by atoms with Gasteiger partial charge in [0.1, 0.15) is 220 Å². The van der Waals surface area contributed by atoms with Crippen LogP contribution in [0, 0.1) is 0 Å². The van der Waals surface area contributed by atoms with E-state index >= 15 is 0 Å². The van der Waals surface area contributed by atoms with Crippen molar-refractivity contribution >= 4 is 0 Å². The predicted molar refractivity (Wildman–Crippen MR) is 331 cm³/mol. The molecule has 10 rings (SSSR count). The number of aliphatic hydroxyl groups is 28. The first-order valence-electron chi connectivity index (χ1n) is 35.2. The second-order valence-corrected chi connectivity index (χ2v) is 28.0. The van der Waals surface area contributed by atoms with Crippen LogP contribution in [0.5, 0.6) is 0 Å². The minimum absolute atomic E-state index is 0.134. The molecule has 1 saturated carbocycles. The van der Waals surface area contributed by atoms with Crippen LogP contribution in [0.4, 0.5) is 0 Å². The molecule has 0 amide bonds. The zero-order valence-electron chi connectivity index (χ0n) is 57.5. The van der Waals surface area contributed by atoms with Gasteiger partial charge in [-0.25, -0.2) is 0 Å². The van der Waals surface area contributed by atoms with Crippen molar-refractivity contribution in [3.05, 3.63) is 10.4 Å². The largest absolute Gasteiger partial charge is 0.394 e. The zero-order valence-corrected chi connectivity index (χ0v) is 57.5. The number of azide groups is 1. The van der Waals surface area contributed by atoms with Crippen LogP contribution < -0.4 is 0 Å². The molecule has 0 aromatic heterocycles. The summed E-state index contributed by atoms with van der Waals surface area (Å²) in [6.45, 7) is -9.50. The Morgan fingerprint density at radius 1 is 0.239 bits per heavy atom. The molecule has 45 atom stereocenters. The third-order valence-corrected chi connectivity index (χ3v) is 20.9. The molecule has 109 heavy (non-hydrogen) atoms. The van der Waals surface area contributed by atoms with E-state index in [9.17, 15) is 143 Å².